The molecule has 3 atom stereocenters. The van der Waals surface area contributed by atoms with Crippen LogP contribution in [0.3, 0.4) is 0 Å². The zero-order chi connectivity index (χ0) is 53.4. The second-order valence-electron chi connectivity index (χ2n) is 20.9. The van der Waals surface area contributed by atoms with E-state index in [4.69, 9.17) is 30.5 Å². The molecule has 3 amide bonds. The topological polar surface area (TPSA) is 195 Å². The van der Waals surface area contributed by atoms with Crippen LogP contribution >= 0.6 is 23.4 Å². The smallest absolute Gasteiger partial charge is 0.251 e. The van der Waals surface area contributed by atoms with E-state index in [9.17, 15) is 24.3 Å². The monoisotopic (exact) mass is 1100 g/mol. The number of hydrogen-bond acceptors (Lipinski definition) is 13. The van der Waals surface area contributed by atoms with Crippen LogP contribution in [0.15, 0.2) is 77.8 Å². The number of hydrogen-bond donors (Lipinski definition) is 5. The number of rotatable bonds is 31. The average Bonchev–Trinajstić information content (AvgIpc) is 3.96. The molecule has 5 aliphatic heterocycles. The molecule has 412 valence electrons. The summed E-state index contributed by atoms with van der Waals surface area (Å²) in [5.74, 6) is 0.870. The van der Waals surface area contributed by atoms with Crippen LogP contribution in [-0.4, -0.2) is 170 Å². The van der Waals surface area contributed by atoms with Gasteiger partial charge in [0.15, 0.2) is 24.7 Å². The fourth-order valence-corrected chi connectivity index (χ4v) is 15.5. The molecule has 2 aromatic rings. The average molecular weight is 1100 g/mol. The first-order chi connectivity index (χ1) is 36.9. The number of aromatic carboxylic acids is 1. The van der Waals surface area contributed by atoms with Gasteiger partial charge in [0.2, 0.25) is 11.8 Å². The Morgan fingerprint density at radius 1 is 0.816 bits per heavy atom. The second-order valence-corrected chi connectivity index (χ2v) is 26.9. The molecule has 5 N–H and O–H groups in total. The zero-order valence-corrected chi connectivity index (χ0v) is 47.0. The molecule has 0 bridgehead atoms. The standard InChI is InChI=1S/C57H78ClN7O9SSi/c1-39-62-48-38-75-49(54(48)63-39)11-6-8-20-59-52(66)18-26-72-30-32-74-28-22-61-56(68)41-36-65(37-41)43-14-17-46-51(35-43)76(2,3)50-34-42(64-23-10-24-64)13-16-45(50)53(46)47-33-40(12-15-44(47)57(69)70)55(67)60-21-27-73-31-29-71-25-9-5-4-7-19-58/h12-17,33-35,41,48-49,54,62-63H,1,4-11,18-32,36-38H2,2-3H3,(H3-,59,60,61,66,67,68,69,70)/t48-,49-,54-/m0/s1. The Kier molecular flexibility index (Phi) is 21.1. The zero-order valence-electron chi connectivity index (χ0n) is 44.5. The van der Waals surface area contributed by atoms with E-state index in [-0.39, 0.29) is 35.7 Å². The molecule has 5 heterocycles. The van der Waals surface area contributed by atoms with E-state index in [0.29, 0.717) is 120 Å². The Balaban J connectivity index is 0.806. The van der Waals surface area contributed by atoms with Gasteiger partial charge in [-0.1, -0.05) is 51.1 Å². The summed E-state index contributed by atoms with van der Waals surface area (Å²) < 4.78 is 24.9. The van der Waals surface area contributed by atoms with Gasteiger partial charge in [-0.2, -0.15) is 11.8 Å². The molecule has 76 heavy (non-hydrogen) atoms. The van der Waals surface area contributed by atoms with Crippen molar-refractivity contribution in [2.75, 3.05) is 115 Å². The minimum atomic E-state index is -2.43. The molecule has 16 nitrogen and oxygen atoms in total. The van der Waals surface area contributed by atoms with Crippen molar-refractivity contribution in [1.82, 2.24) is 26.6 Å². The third-order valence-electron chi connectivity index (χ3n) is 15.2. The van der Waals surface area contributed by atoms with E-state index in [1.807, 2.05) is 11.8 Å². The van der Waals surface area contributed by atoms with Crippen LogP contribution in [-0.2, 0) is 28.5 Å². The summed E-state index contributed by atoms with van der Waals surface area (Å²) in [6.07, 6.45) is 15.2. The molecule has 8 rings (SSSR count). The molecule has 1 aliphatic carbocycles. The predicted octanol–water partition coefficient (Wildman–Crippen LogP) is 4.01. The van der Waals surface area contributed by atoms with Gasteiger partial charge >= 0.3 is 0 Å². The van der Waals surface area contributed by atoms with E-state index < -0.39 is 14.0 Å². The maximum atomic E-state index is 13.6. The number of anilines is 1. The van der Waals surface area contributed by atoms with Gasteiger partial charge in [-0.05, 0) is 95.1 Å². The Morgan fingerprint density at radius 3 is 2.29 bits per heavy atom. The minimum Gasteiger partial charge on any atom is -0.545 e. The Morgan fingerprint density at radius 2 is 1.55 bits per heavy atom. The van der Waals surface area contributed by atoms with E-state index in [1.54, 1.807) is 6.07 Å². The lowest BCUT2D eigenvalue weighted by Gasteiger charge is -2.40. The minimum absolute atomic E-state index is 0.00958. The molecule has 0 radical (unpaired) electrons. The first-order valence-corrected chi connectivity index (χ1v) is 32.1. The largest absolute Gasteiger partial charge is 0.545 e. The van der Waals surface area contributed by atoms with Crippen LogP contribution in [0.25, 0.3) is 5.57 Å². The lowest BCUT2D eigenvalue weighted by Crippen LogP contribution is -2.52. The summed E-state index contributed by atoms with van der Waals surface area (Å²) in [6.45, 7) is 16.4. The molecule has 6 aliphatic rings. The molecule has 19 heteroatoms. The van der Waals surface area contributed by atoms with Crippen molar-refractivity contribution in [2.24, 2.45) is 5.92 Å². The van der Waals surface area contributed by atoms with Crippen LogP contribution < -0.4 is 41.8 Å². The number of carboxylic acid groups (broad SMARTS) is 1. The highest BCUT2D eigenvalue weighted by Crippen LogP contribution is 2.43. The molecule has 2 aromatic carbocycles. The van der Waals surface area contributed by atoms with Gasteiger partial charge < -0.3 is 60.3 Å². The number of allylic oxidation sites excluding steroid dienone is 5. The second kappa shape index (κ2) is 28.1. The maximum absolute atomic E-state index is 13.6. The van der Waals surface area contributed by atoms with Crippen LogP contribution in [0.2, 0.25) is 13.1 Å². The van der Waals surface area contributed by atoms with Gasteiger partial charge in [0.25, 0.3) is 5.91 Å². The van der Waals surface area contributed by atoms with Gasteiger partial charge in [-0.25, -0.2) is 4.58 Å². The number of halogens is 1. The number of carbonyl (C=O) groups excluding carboxylic acids is 4. The van der Waals surface area contributed by atoms with Crippen molar-refractivity contribution in [3.8, 4) is 0 Å². The molecular formula is C57H78ClN7O9SSi. The number of benzene rings is 2. The third kappa shape index (κ3) is 14.8. The first-order valence-electron chi connectivity index (χ1n) is 27.5. The Bertz CT molecular complexity index is 2540. The summed E-state index contributed by atoms with van der Waals surface area (Å²) in [7, 11) is -2.43. The highest BCUT2D eigenvalue weighted by Gasteiger charge is 2.44. The number of nitrogens with one attached hydrogen (secondary N) is 5. The summed E-state index contributed by atoms with van der Waals surface area (Å²) in [6, 6.07) is 12.2. The number of alkyl halides is 1. The molecule has 4 saturated heterocycles. The number of carbonyl (C=O) groups is 4. The lowest BCUT2D eigenvalue weighted by molar-refractivity contribution is -0.596. The predicted molar refractivity (Wildman–Crippen MR) is 301 cm³/mol. The van der Waals surface area contributed by atoms with Gasteiger partial charge in [-0.3, -0.25) is 14.4 Å². The van der Waals surface area contributed by atoms with Crippen LogP contribution in [0, 0.1) is 5.92 Å². The fraction of sp³-hybridized carbons (Fsp3) is 0.561. The molecule has 4 fully saturated rings. The van der Waals surface area contributed by atoms with Crippen LogP contribution in [0.1, 0.15) is 89.6 Å². The van der Waals surface area contributed by atoms with Crippen molar-refractivity contribution in [3.63, 3.8) is 0 Å². The van der Waals surface area contributed by atoms with E-state index in [2.05, 4.69) is 92.2 Å². The van der Waals surface area contributed by atoms with Crippen molar-refractivity contribution < 1.29 is 47.8 Å². The van der Waals surface area contributed by atoms with Gasteiger partial charge in [0.1, 0.15) is 8.07 Å². The molecule has 0 spiro atoms. The molecule has 0 saturated carbocycles. The molecule has 0 unspecified atom stereocenters. The van der Waals surface area contributed by atoms with Gasteiger partial charge in [0.05, 0.1) is 70.1 Å². The third-order valence-corrected chi connectivity index (χ3v) is 20.5. The quantitative estimate of drug-likeness (QED) is 0.0315. The van der Waals surface area contributed by atoms with Crippen molar-refractivity contribution in [2.45, 2.75) is 88.2 Å². The summed E-state index contributed by atoms with van der Waals surface area (Å²) in [5.41, 5.74) is 5.58. The summed E-state index contributed by atoms with van der Waals surface area (Å²) in [5, 5.41) is 31.7. The Labute approximate surface area is 458 Å². The molecule has 0 aromatic heterocycles. The Hall–Kier alpha value is -4.95. The molecular weight excluding hydrogens is 1020 g/mol. The van der Waals surface area contributed by atoms with Crippen molar-refractivity contribution in [3.05, 3.63) is 100 Å². The highest BCUT2D eigenvalue weighted by molar-refractivity contribution is 8.00. The van der Waals surface area contributed by atoms with Gasteiger partial charge in [-0.15, -0.1) is 11.6 Å². The van der Waals surface area contributed by atoms with Crippen molar-refractivity contribution >= 4 is 77.3 Å². The van der Waals surface area contributed by atoms with Crippen molar-refractivity contribution in [1.29, 1.82) is 0 Å². The number of fused-ring (bicyclic) bond motifs is 3. The van der Waals surface area contributed by atoms with E-state index in [0.717, 1.165) is 109 Å². The normalized spacial score (nSPS) is 20.9. The summed E-state index contributed by atoms with van der Waals surface area (Å²) in [4.78, 5) is 54.4. The highest BCUT2D eigenvalue weighted by atomic mass is 35.5. The maximum Gasteiger partial charge on any atom is 0.251 e. The SMILES string of the molecule is C=C1N[C@H]2[C@H](CS[C@H]2CCCCNC(=O)CCOCCOCCNC(=O)C2C[N+](=C3C=CC4=C(c5cc(C(=O)NCCOCCOCCCCCCCl)ccc5C(=O)[O-])c5ccc(N6CCC6)cc5[Si](C)(C)C4=C3)C2)N1. The number of ether oxygens (including phenoxy) is 4. The fourth-order valence-electron chi connectivity index (χ4n) is 10.7. The van der Waals surface area contributed by atoms with Crippen LogP contribution in [0.4, 0.5) is 5.69 Å². The van der Waals surface area contributed by atoms with E-state index in [1.165, 1.54) is 17.3 Å². The van der Waals surface area contributed by atoms with E-state index >= 15 is 0 Å². The number of nitrogens with zero attached hydrogens (tertiary/aromatic N) is 2. The van der Waals surface area contributed by atoms with Gasteiger partial charge in [0, 0.05) is 91.6 Å². The number of unbranched alkanes of at least 4 members (excludes halogenated alkanes) is 4. The summed E-state index contributed by atoms with van der Waals surface area (Å²) >= 11 is 7.76. The van der Waals surface area contributed by atoms with Crippen LogP contribution in [0.5, 0.6) is 0 Å². The number of thioether (sulfide) groups is 1. The number of amides is 3. The number of carboxylic acids is 1. The first kappa shape index (κ1) is 57.2. The lowest BCUT2D eigenvalue weighted by atomic mass is 9.86.